The average Bonchev–Trinajstić information content (AvgIpc) is 1.98. The highest BCUT2D eigenvalue weighted by atomic mass is 16.2. The van der Waals surface area contributed by atoms with Gasteiger partial charge in [0.15, 0.2) is 0 Å². The summed E-state index contributed by atoms with van der Waals surface area (Å²) in [4.78, 5) is 13.1. The van der Waals surface area contributed by atoms with Crippen LogP contribution in [-0.2, 0) is 4.79 Å². The van der Waals surface area contributed by atoms with Crippen LogP contribution in [0, 0.1) is 5.92 Å². The second kappa shape index (κ2) is 3.74. The van der Waals surface area contributed by atoms with Crippen molar-refractivity contribution in [2.75, 3.05) is 13.6 Å². The molecule has 2 nitrogen and oxygen atoms in total. The molecule has 0 aromatic carbocycles. The van der Waals surface area contributed by atoms with Crippen LogP contribution in [0.1, 0.15) is 32.6 Å². The lowest BCUT2D eigenvalue weighted by Gasteiger charge is -2.22. The van der Waals surface area contributed by atoms with Gasteiger partial charge in [-0.2, -0.15) is 0 Å². The van der Waals surface area contributed by atoms with Gasteiger partial charge in [0.1, 0.15) is 0 Å². The number of likely N-dealkylation sites (tertiary alicyclic amines) is 1. The van der Waals surface area contributed by atoms with E-state index in [-0.39, 0.29) is 0 Å². The minimum Gasteiger partial charge on any atom is -0.346 e. The zero-order chi connectivity index (χ0) is 8.27. The molecule has 2 heteroatoms. The van der Waals surface area contributed by atoms with Gasteiger partial charge < -0.3 is 4.90 Å². The fourth-order valence-electron chi connectivity index (χ4n) is 1.51. The van der Waals surface area contributed by atoms with Crippen LogP contribution < -0.4 is 0 Å². The lowest BCUT2D eigenvalue weighted by Crippen LogP contribution is -2.29. The number of hydrogen-bond acceptors (Lipinski definition) is 1. The number of hydrogen-bond donors (Lipinski definition) is 0. The summed E-state index contributed by atoms with van der Waals surface area (Å²) >= 11 is 0. The van der Waals surface area contributed by atoms with Gasteiger partial charge >= 0.3 is 0 Å². The topological polar surface area (TPSA) is 20.3 Å². The molecular formula is C9H17NO. The summed E-state index contributed by atoms with van der Waals surface area (Å²) < 4.78 is 0. The van der Waals surface area contributed by atoms with Crippen molar-refractivity contribution >= 4 is 5.91 Å². The third-order valence-electron chi connectivity index (χ3n) is 2.47. The summed E-state index contributed by atoms with van der Waals surface area (Å²) in [5.74, 6) is 1.06. The molecule has 1 aliphatic rings. The van der Waals surface area contributed by atoms with Crippen molar-refractivity contribution in [2.24, 2.45) is 5.92 Å². The van der Waals surface area contributed by atoms with Crippen molar-refractivity contribution in [3.63, 3.8) is 0 Å². The van der Waals surface area contributed by atoms with E-state index in [1.807, 2.05) is 11.9 Å². The molecule has 0 bridgehead atoms. The smallest absolute Gasteiger partial charge is 0.222 e. The number of rotatable bonds is 0. The van der Waals surface area contributed by atoms with E-state index >= 15 is 0 Å². The van der Waals surface area contributed by atoms with E-state index in [0.717, 1.165) is 25.3 Å². The zero-order valence-corrected chi connectivity index (χ0v) is 7.47. The van der Waals surface area contributed by atoms with Crippen LogP contribution in [0.15, 0.2) is 0 Å². The van der Waals surface area contributed by atoms with Crippen molar-refractivity contribution in [1.82, 2.24) is 4.90 Å². The standard InChI is InChI=1S/C9H17NO/c1-8-4-3-7-10(2)9(11)6-5-8/h8H,3-7H2,1-2H3/t8-/m0/s1. The average molecular weight is 155 g/mol. The van der Waals surface area contributed by atoms with Gasteiger partial charge in [-0.1, -0.05) is 6.92 Å². The SMILES string of the molecule is C[C@H]1CCCN(C)C(=O)CC1. The lowest BCUT2D eigenvalue weighted by molar-refractivity contribution is -0.130. The van der Waals surface area contributed by atoms with Gasteiger partial charge in [-0.05, 0) is 25.2 Å². The van der Waals surface area contributed by atoms with E-state index < -0.39 is 0 Å². The first-order chi connectivity index (χ1) is 5.20. The summed E-state index contributed by atoms with van der Waals surface area (Å²) in [6.45, 7) is 3.18. The predicted octanol–water partition coefficient (Wildman–Crippen LogP) is 1.65. The molecule has 1 aliphatic heterocycles. The van der Waals surface area contributed by atoms with E-state index in [2.05, 4.69) is 6.92 Å². The molecule has 0 aliphatic carbocycles. The molecule has 1 saturated heterocycles. The van der Waals surface area contributed by atoms with Gasteiger partial charge in [-0.3, -0.25) is 4.79 Å². The molecule has 0 aromatic heterocycles. The predicted molar refractivity (Wildman–Crippen MR) is 45.3 cm³/mol. The quantitative estimate of drug-likeness (QED) is 0.521. The molecule has 0 unspecified atom stereocenters. The molecule has 1 atom stereocenters. The van der Waals surface area contributed by atoms with Crippen molar-refractivity contribution in [1.29, 1.82) is 0 Å². The van der Waals surface area contributed by atoms with Crippen molar-refractivity contribution < 1.29 is 4.79 Å². The highest BCUT2D eigenvalue weighted by Crippen LogP contribution is 2.16. The minimum atomic E-state index is 0.316. The van der Waals surface area contributed by atoms with Crippen LogP contribution in [0.2, 0.25) is 0 Å². The highest BCUT2D eigenvalue weighted by Gasteiger charge is 2.14. The van der Waals surface area contributed by atoms with Crippen LogP contribution in [0.3, 0.4) is 0 Å². The minimum absolute atomic E-state index is 0.316. The fourth-order valence-corrected chi connectivity index (χ4v) is 1.51. The fraction of sp³-hybridized carbons (Fsp3) is 0.889. The van der Waals surface area contributed by atoms with Gasteiger partial charge in [-0.25, -0.2) is 0 Å². The molecule has 1 fully saturated rings. The van der Waals surface area contributed by atoms with Crippen LogP contribution in [0.4, 0.5) is 0 Å². The molecule has 64 valence electrons. The summed E-state index contributed by atoms with van der Waals surface area (Å²) in [5, 5.41) is 0. The summed E-state index contributed by atoms with van der Waals surface area (Å²) in [6.07, 6.45) is 4.27. The molecule has 0 aromatic rings. The molecule has 1 amide bonds. The van der Waals surface area contributed by atoms with Crippen molar-refractivity contribution in [2.45, 2.75) is 32.6 Å². The maximum Gasteiger partial charge on any atom is 0.222 e. The molecular weight excluding hydrogens is 138 g/mol. The van der Waals surface area contributed by atoms with E-state index in [4.69, 9.17) is 0 Å². The summed E-state index contributed by atoms with van der Waals surface area (Å²) in [6, 6.07) is 0. The van der Waals surface area contributed by atoms with E-state index in [1.54, 1.807) is 0 Å². The highest BCUT2D eigenvalue weighted by molar-refractivity contribution is 5.75. The van der Waals surface area contributed by atoms with E-state index in [0.29, 0.717) is 5.91 Å². The van der Waals surface area contributed by atoms with Crippen molar-refractivity contribution in [3.8, 4) is 0 Å². The Labute approximate surface area is 68.6 Å². The number of carbonyl (C=O) groups excluding carboxylic acids is 1. The van der Waals surface area contributed by atoms with Crippen LogP contribution >= 0.6 is 0 Å². The lowest BCUT2D eigenvalue weighted by atomic mass is 9.97. The van der Waals surface area contributed by atoms with Crippen LogP contribution in [0.5, 0.6) is 0 Å². The second-order valence-corrected chi connectivity index (χ2v) is 3.60. The first-order valence-corrected chi connectivity index (χ1v) is 4.44. The Morgan fingerprint density at radius 3 is 2.91 bits per heavy atom. The Hall–Kier alpha value is -0.530. The van der Waals surface area contributed by atoms with Gasteiger partial charge in [0.2, 0.25) is 5.91 Å². The summed E-state index contributed by atoms with van der Waals surface area (Å²) in [7, 11) is 1.90. The van der Waals surface area contributed by atoms with Gasteiger partial charge in [0.05, 0.1) is 0 Å². The first kappa shape index (κ1) is 8.57. The molecule has 0 N–H and O–H groups in total. The largest absolute Gasteiger partial charge is 0.346 e. The molecule has 11 heavy (non-hydrogen) atoms. The van der Waals surface area contributed by atoms with Crippen LogP contribution in [-0.4, -0.2) is 24.4 Å². The van der Waals surface area contributed by atoms with Gasteiger partial charge in [0, 0.05) is 20.0 Å². The molecule has 1 rings (SSSR count). The zero-order valence-electron chi connectivity index (χ0n) is 7.47. The maximum atomic E-state index is 11.2. The number of amides is 1. The number of carbonyl (C=O) groups is 1. The Morgan fingerprint density at radius 2 is 2.18 bits per heavy atom. The Balaban J connectivity index is 2.41. The molecule has 0 spiro atoms. The van der Waals surface area contributed by atoms with Gasteiger partial charge in [0.25, 0.3) is 0 Å². The molecule has 1 heterocycles. The normalized spacial score (nSPS) is 28.0. The van der Waals surface area contributed by atoms with E-state index in [9.17, 15) is 4.79 Å². The second-order valence-electron chi connectivity index (χ2n) is 3.60. The van der Waals surface area contributed by atoms with Crippen molar-refractivity contribution in [3.05, 3.63) is 0 Å². The summed E-state index contributed by atoms with van der Waals surface area (Å²) in [5.41, 5.74) is 0. The Kier molecular flexibility index (Phi) is 2.92. The Morgan fingerprint density at radius 1 is 1.45 bits per heavy atom. The molecule has 0 radical (unpaired) electrons. The third-order valence-corrected chi connectivity index (χ3v) is 2.47. The third kappa shape index (κ3) is 2.52. The number of nitrogens with zero attached hydrogens (tertiary/aromatic N) is 1. The van der Waals surface area contributed by atoms with Gasteiger partial charge in [-0.15, -0.1) is 0 Å². The molecule has 0 saturated carbocycles. The monoisotopic (exact) mass is 155 g/mol. The Bertz CT molecular complexity index is 144. The van der Waals surface area contributed by atoms with Crippen LogP contribution in [0.25, 0.3) is 0 Å². The maximum absolute atomic E-state index is 11.2. The first-order valence-electron chi connectivity index (χ1n) is 4.44. The van der Waals surface area contributed by atoms with E-state index in [1.165, 1.54) is 12.8 Å².